The van der Waals surface area contributed by atoms with Gasteiger partial charge in [0.05, 0.1) is 19.2 Å². The molecule has 1 aromatic heterocycles. The third-order valence-electron chi connectivity index (χ3n) is 5.89. The minimum Gasteiger partial charge on any atom is -0.456 e. The molecule has 5 heteroatoms. The molecule has 0 bridgehead atoms. The van der Waals surface area contributed by atoms with Crippen molar-refractivity contribution < 1.29 is 9.53 Å². The first-order valence-corrected chi connectivity index (χ1v) is 13.3. The Kier molecular flexibility index (Phi) is 6.29. The van der Waals surface area contributed by atoms with E-state index >= 15 is 0 Å². The van der Waals surface area contributed by atoms with Gasteiger partial charge in [-0.3, -0.25) is 4.98 Å². The minimum absolute atomic E-state index is 0.305. The van der Waals surface area contributed by atoms with Crippen molar-refractivity contribution in [1.82, 2.24) is 4.98 Å². The van der Waals surface area contributed by atoms with Crippen LogP contribution in [0.2, 0.25) is 24.2 Å². The predicted octanol–water partition coefficient (Wildman–Crippen LogP) is 6.13. The largest absolute Gasteiger partial charge is 0.456 e. The van der Waals surface area contributed by atoms with Crippen LogP contribution in [0, 0.1) is 0 Å². The van der Waals surface area contributed by atoms with Gasteiger partial charge in [-0.15, -0.1) is 0 Å². The normalized spacial score (nSPS) is 12.9. The van der Waals surface area contributed by atoms with Crippen molar-refractivity contribution in [2.45, 2.75) is 71.3 Å². The van der Waals surface area contributed by atoms with E-state index in [1.54, 1.807) is 12.3 Å². The highest BCUT2D eigenvalue weighted by atomic mass is 28.3. The number of aromatic nitrogens is 1. The maximum atomic E-state index is 12.7. The molecular formula is C23H36N2O2Si. The fourth-order valence-corrected chi connectivity index (χ4v) is 4.48. The Morgan fingerprint density at radius 2 is 1.75 bits per heavy atom. The van der Waals surface area contributed by atoms with Gasteiger partial charge in [0.25, 0.3) is 0 Å². The number of fused-ring (bicyclic) bond motifs is 1. The minimum atomic E-state index is -1.34. The second-order valence-corrected chi connectivity index (χ2v) is 16.1. The molecule has 0 saturated carbocycles. The van der Waals surface area contributed by atoms with Gasteiger partial charge in [0.1, 0.15) is 5.60 Å². The lowest BCUT2D eigenvalue weighted by molar-refractivity contribution is 0.00717. The van der Waals surface area contributed by atoms with E-state index in [0.29, 0.717) is 10.6 Å². The zero-order valence-corrected chi connectivity index (χ0v) is 20.0. The molecular weight excluding hydrogens is 364 g/mol. The van der Waals surface area contributed by atoms with E-state index in [0.717, 1.165) is 23.1 Å². The summed E-state index contributed by atoms with van der Waals surface area (Å²) in [5, 5.41) is 1.22. The van der Waals surface area contributed by atoms with Crippen molar-refractivity contribution in [3.05, 3.63) is 36.0 Å². The van der Waals surface area contributed by atoms with Gasteiger partial charge >= 0.3 is 5.97 Å². The van der Waals surface area contributed by atoms with Crippen LogP contribution in [-0.4, -0.2) is 38.2 Å². The van der Waals surface area contributed by atoms with Crippen LogP contribution in [-0.2, 0) is 4.74 Å². The lowest BCUT2D eigenvalue weighted by atomic mass is 10.1. The molecule has 154 valence electrons. The van der Waals surface area contributed by atoms with Crippen LogP contribution in [0.3, 0.4) is 0 Å². The fourth-order valence-electron chi connectivity index (χ4n) is 2.83. The van der Waals surface area contributed by atoms with Crippen LogP contribution in [0.25, 0.3) is 10.9 Å². The van der Waals surface area contributed by atoms with Gasteiger partial charge in [0.15, 0.2) is 0 Å². The average molecular weight is 401 g/mol. The number of esters is 1. The number of pyridine rings is 1. The summed E-state index contributed by atoms with van der Waals surface area (Å²) >= 11 is 0. The van der Waals surface area contributed by atoms with Gasteiger partial charge in [0, 0.05) is 30.9 Å². The Balaban J connectivity index is 2.30. The van der Waals surface area contributed by atoms with Gasteiger partial charge < -0.3 is 9.64 Å². The van der Waals surface area contributed by atoms with E-state index in [2.05, 4.69) is 62.9 Å². The van der Waals surface area contributed by atoms with Crippen LogP contribution in [0.1, 0.15) is 51.9 Å². The van der Waals surface area contributed by atoms with Gasteiger partial charge in [-0.1, -0.05) is 33.9 Å². The fraction of sp³-hybridized carbons (Fsp3) is 0.565. The zero-order chi connectivity index (χ0) is 21.3. The van der Waals surface area contributed by atoms with Crippen LogP contribution < -0.4 is 4.90 Å². The number of hydrogen-bond acceptors (Lipinski definition) is 4. The van der Waals surface area contributed by atoms with E-state index in [4.69, 9.17) is 4.74 Å². The van der Waals surface area contributed by atoms with Crippen molar-refractivity contribution in [2.24, 2.45) is 0 Å². The monoisotopic (exact) mass is 400 g/mol. The van der Waals surface area contributed by atoms with Crippen LogP contribution in [0.5, 0.6) is 0 Å². The van der Waals surface area contributed by atoms with Gasteiger partial charge in [-0.2, -0.15) is 0 Å². The summed E-state index contributed by atoms with van der Waals surface area (Å²) in [6, 6.07) is 9.10. The molecule has 1 aromatic carbocycles. The molecule has 0 unspecified atom stereocenters. The number of carbonyl (C=O) groups is 1. The van der Waals surface area contributed by atoms with Crippen molar-refractivity contribution in [1.29, 1.82) is 0 Å². The van der Waals surface area contributed by atoms with E-state index < -0.39 is 13.7 Å². The summed E-state index contributed by atoms with van der Waals surface area (Å²) in [5.74, 6) is -0.305. The van der Waals surface area contributed by atoms with Crippen molar-refractivity contribution in [3.63, 3.8) is 0 Å². The summed E-state index contributed by atoms with van der Waals surface area (Å²) in [7, 11) is 0.785. The van der Waals surface area contributed by atoms with Gasteiger partial charge in [0.2, 0.25) is 0 Å². The quantitative estimate of drug-likeness (QED) is 0.447. The number of rotatable bonds is 5. The molecule has 0 spiro atoms. The summed E-state index contributed by atoms with van der Waals surface area (Å²) in [4.78, 5) is 19.4. The molecule has 28 heavy (non-hydrogen) atoms. The summed E-state index contributed by atoms with van der Waals surface area (Å²) in [5.41, 5.74) is 1.96. The number of hydrogen-bond donors (Lipinski definition) is 0. The summed E-state index contributed by atoms with van der Waals surface area (Å²) in [6.45, 7) is 18.6. The van der Waals surface area contributed by atoms with Crippen LogP contribution in [0.4, 0.5) is 5.69 Å². The van der Waals surface area contributed by atoms with E-state index in [1.807, 2.05) is 26.8 Å². The standard InChI is InChI=1S/C23H36N2O2Si/c1-22(2,3)27-21(26)18-12-13-24-20-11-10-17(16-19(18)20)25(7)14-15-28(8,9)23(4,5)6/h10-13,16H,14-15H2,1-9H3. The highest BCUT2D eigenvalue weighted by molar-refractivity contribution is 6.80. The zero-order valence-electron chi connectivity index (χ0n) is 19.0. The molecule has 0 radical (unpaired) electrons. The topological polar surface area (TPSA) is 42.4 Å². The van der Waals surface area contributed by atoms with Crippen LogP contribution >= 0.6 is 0 Å². The van der Waals surface area contributed by atoms with Gasteiger partial charge in [-0.25, -0.2) is 4.79 Å². The van der Waals surface area contributed by atoms with E-state index in [9.17, 15) is 4.79 Å². The Labute approximate surface area is 171 Å². The molecule has 0 amide bonds. The molecule has 0 aliphatic carbocycles. The maximum absolute atomic E-state index is 12.7. The smallest absolute Gasteiger partial charge is 0.339 e. The molecule has 2 rings (SSSR count). The highest BCUT2D eigenvalue weighted by Gasteiger charge is 2.34. The second-order valence-electron chi connectivity index (χ2n) is 10.4. The molecule has 0 aliphatic rings. The van der Waals surface area contributed by atoms with Crippen molar-refractivity contribution >= 4 is 30.6 Å². The number of ether oxygens (including phenoxy) is 1. The molecule has 4 nitrogen and oxygen atoms in total. The third kappa shape index (κ3) is 5.34. The Hall–Kier alpha value is -1.88. The summed E-state index contributed by atoms with van der Waals surface area (Å²) in [6.07, 6.45) is 1.67. The van der Waals surface area contributed by atoms with E-state index in [-0.39, 0.29) is 5.97 Å². The van der Waals surface area contributed by atoms with E-state index in [1.165, 1.54) is 6.04 Å². The van der Waals surface area contributed by atoms with Crippen molar-refractivity contribution in [2.75, 3.05) is 18.5 Å². The van der Waals surface area contributed by atoms with Crippen molar-refractivity contribution in [3.8, 4) is 0 Å². The Morgan fingerprint density at radius 3 is 2.32 bits per heavy atom. The number of nitrogens with zero attached hydrogens (tertiary/aromatic N) is 2. The number of anilines is 1. The first-order valence-electron chi connectivity index (χ1n) is 10.0. The number of benzene rings is 1. The molecule has 2 aromatic rings. The Morgan fingerprint density at radius 1 is 1.11 bits per heavy atom. The molecule has 0 saturated heterocycles. The maximum Gasteiger partial charge on any atom is 0.339 e. The first kappa shape index (κ1) is 22.4. The number of carbonyl (C=O) groups excluding carboxylic acids is 1. The first-order chi connectivity index (χ1) is 12.7. The highest BCUT2D eigenvalue weighted by Crippen LogP contribution is 2.38. The molecule has 0 fully saturated rings. The Bertz CT molecular complexity index is 848. The van der Waals surface area contributed by atoms with Gasteiger partial charge in [-0.05, 0) is 56.1 Å². The summed E-state index contributed by atoms with van der Waals surface area (Å²) < 4.78 is 5.59. The molecule has 1 heterocycles. The third-order valence-corrected chi connectivity index (χ3v) is 11.4. The molecule has 0 atom stereocenters. The lowest BCUT2D eigenvalue weighted by Gasteiger charge is -2.38. The molecule has 0 N–H and O–H groups in total. The predicted molar refractivity (Wildman–Crippen MR) is 122 cm³/mol. The molecule has 0 aliphatic heterocycles. The lowest BCUT2D eigenvalue weighted by Crippen LogP contribution is -2.40. The average Bonchev–Trinajstić information content (AvgIpc) is 2.56. The van der Waals surface area contributed by atoms with Crippen LogP contribution in [0.15, 0.2) is 30.5 Å². The second kappa shape index (κ2) is 7.86. The SMILES string of the molecule is CN(CC[Si](C)(C)C(C)(C)C)c1ccc2nccc(C(=O)OC(C)(C)C)c2c1.